The van der Waals surface area contributed by atoms with Gasteiger partial charge in [-0.2, -0.15) is 5.10 Å². The molecular formula is C5H9N3O. The fraction of sp³-hybridized carbons (Fsp3) is 0.600. The maximum atomic E-state index is 10.7. The lowest BCUT2D eigenvalue weighted by molar-refractivity contribution is 0.564. The lowest BCUT2D eigenvalue weighted by Gasteiger charge is -1.92. The number of H-pyrrole nitrogens is 1. The van der Waals surface area contributed by atoms with E-state index >= 15 is 0 Å². The van der Waals surface area contributed by atoms with E-state index in [2.05, 4.69) is 10.3 Å². The molecule has 1 heterocycles. The van der Waals surface area contributed by atoms with Crippen LogP contribution in [0.1, 0.15) is 13.3 Å². The minimum atomic E-state index is -0.0585. The van der Waals surface area contributed by atoms with Gasteiger partial charge in [0.1, 0.15) is 6.20 Å². The van der Waals surface area contributed by atoms with E-state index in [0.29, 0.717) is 0 Å². The van der Waals surface area contributed by atoms with Gasteiger partial charge in [0.25, 0.3) is 5.56 Å². The quantitative estimate of drug-likeness (QED) is 0.607. The Balaban J connectivity index is 2.81. The number of aromatic nitrogens is 3. The fourth-order valence-corrected chi connectivity index (χ4v) is 0.657. The summed E-state index contributed by atoms with van der Waals surface area (Å²) in [4.78, 5) is 10.7. The first-order valence-corrected chi connectivity index (χ1v) is 2.95. The van der Waals surface area contributed by atoms with Crippen LogP contribution >= 0.6 is 0 Å². The van der Waals surface area contributed by atoms with Gasteiger partial charge in [-0.3, -0.25) is 4.79 Å². The summed E-state index contributed by atoms with van der Waals surface area (Å²) in [7, 11) is 0. The Bertz CT molecular complexity index is 224. The van der Waals surface area contributed by atoms with Crippen molar-refractivity contribution in [3.8, 4) is 0 Å². The predicted molar refractivity (Wildman–Crippen MR) is 33.1 cm³/mol. The van der Waals surface area contributed by atoms with Crippen molar-refractivity contribution in [2.24, 2.45) is 0 Å². The summed E-state index contributed by atoms with van der Waals surface area (Å²) in [5, 5.41) is 6.13. The molecule has 0 aliphatic rings. The van der Waals surface area contributed by atoms with Crippen molar-refractivity contribution >= 4 is 0 Å². The Labute approximate surface area is 52.5 Å². The van der Waals surface area contributed by atoms with Crippen molar-refractivity contribution in [2.75, 3.05) is 0 Å². The van der Waals surface area contributed by atoms with Crippen LogP contribution < -0.4 is 5.56 Å². The minimum absolute atomic E-state index is 0.0585. The van der Waals surface area contributed by atoms with Crippen LogP contribution in [-0.2, 0) is 6.54 Å². The molecule has 0 saturated heterocycles. The van der Waals surface area contributed by atoms with Crippen LogP contribution in [0.5, 0.6) is 0 Å². The van der Waals surface area contributed by atoms with Crippen LogP contribution in [0.2, 0.25) is 0 Å². The second kappa shape index (κ2) is 2.48. The van der Waals surface area contributed by atoms with Crippen molar-refractivity contribution < 1.29 is 0 Å². The number of nitrogens with one attached hydrogen (secondary N) is 1. The molecular weight excluding hydrogens is 118 g/mol. The monoisotopic (exact) mass is 127 g/mol. The predicted octanol–water partition coefficient (Wildman–Crippen LogP) is -0.0186. The molecule has 0 aliphatic heterocycles. The Morgan fingerprint density at radius 2 is 2.67 bits per heavy atom. The van der Waals surface area contributed by atoms with Gasteiger partial charge < -0.3 is 0 Å². The molecule has 0 aromatic carbocycles. The summed E-state index contributed by atoms with van der Waals surface area (Å²) in [6, 6.07) is 0. The van der Waals surface area contributed by atoms with E-state index in [-0.39, 0.29) is 5.56 Å². The van der Waals surface area contributed by atoms with Crippen LogP contribution in [0.15, 0.2) is 11.0 Å². The summed E-state index contributed by atoms with van der Waals surface area (Å²) < 4.78 is 1.47. The third-order valence-electron chi connectivity index (χ3n) is 1.07. The standard InChI is InChI=1S/C5H9N3O/c1-2-3-8-5(9)4-6-7-8/h4,7H,2-3H2,1H3. The van der Waals surface area contributed by atoms with Gasteiger partial charge in [0.05, 0.1) is 0 Å². The van der Waals surface area contributed by atoms with Gasteiger partial charge in [0.15, 0.2) is 0 Å². The molecule has 0 saturated carbocycles. The van der Waals surface area contributed by atoms with Crippen LogP contribution in [0.3, 0.4) is 0 Å². The third-order valence-corrected chi connectivity index (χ3v) is 1.07. The van der Waals surface area contributed by atoms with Crippen molar-refractivity contribution in [3.05, 3.63) is 16.6 Å². The second-order valence-electron chi connectivity index (χ2n) is 1.85. The van der Waals surface area contributed by atoms with Crippen LogP contribution in [0.4, 0.5) is 0 Å². The Morgan fingerprint density at radius 3 is 3.11 bits per heavy atom. The first-order chi connectivity index (χ1) is 4.34. The molecule has 1 aromatic rings. The van der Waals surface area contributed by atoms with Crippen LogP contribution in [0, 0.1) is 0 Å². The minimum Gasteiger partial charge on any atom is -0.266 e. The highest BCUT2D eigenvalue weighted by atomic mass is 16.1. The number of hydrogen-bond donors (Lipinski definition) is 1. The highest BCUT2D eigenvalue weighted by Crippen LogP contribution is 1.77. The molecule has 1 aromatic heterocycles. The molecule has 4 heteroatoms. The van der Waals surface area contributed by atoms with Gasteiger partial charge >= 0.3 is 0 Å². The van der Waals surface area contributed by atoms with Crippen molar-refractivity contribution in [2.45, 2.75) is 19.9 Å². The number of nitrogens with zero attached hydrogens (tertiary/aromatic N) is 2. The molecule has 4 nitrogen and oxygen atoms in total. The third kappa shape index (κ3) is 1.19. The number of aryl methyl sites for hydroxylation is 1. The van der Waals surface area contributed by atoms with Crippen molar-refractivity contribution in [1.82, 2.24) is 15.0 Å². The van der Waals surface area contributed by atoms with E-state index in [4.69, 9.17) is 0 Å². The topological polar surface area (TPSA) is 50.7 Å². The molecule has 0 fully saturated rings. The lowest BCUT2D eigenvalue weighted by atomic mass is 10.5. The molecule has 1 N–H and O–H groups in total. The largest absolute Gasteiger partial charge is 0.286 e. The highest BCUT2D eigenvalue weighted by Gasteiger charge is 1.91. The molecule has 0 bridgehead atoms. The van der Waals surface area contributed by atoms with Gasteiger partial charge in [0, 0.05) is 6.54 Å². The van der Waals surface area contributed by atoms with Crippen molar-refractivity contribution in [3.63, 3.8) is 0 Å². The molecule has 9 heavy (non-hydrogen) atoms. The number of aromatic amines is 1. The van der Waals surface area contributed by atoms with Gasteiger partial charge in [-0.1, -0.05) is 6.92 Å². The summed E-state index contributed by atoms with van der Waals surface area (Å²) in [6.45, 7) is 2.73. The first kappa shape index (κ1) is 6.07. The van der Waals surface area contributed by atoms with Gasteiger partial charge in [-0.15, -0.1) is 0 Å². The molecule has 50 valence electrons. The van der Waals surface area contributed by atoms with Crippen LogP contribution in [0.25, 0.3) is 0 Å². The van der Waals surface area contributed by atoms with Gasteiger partial charge in [-0.25, -0.2) is 9.90 Å². The molecule has 0 aliphatic carbocycles. The smallest absolute Gasteiger partial charge is 0.266 e. The van der Waals surface area contributed by atoms with Crippen LogP contribution in [-0.4, -0.2) is 15.0 Å². The SMILES string of the molecule is CCCn1[nH]ncc1=O. The summed E-state index contributed by atoms with van der Waals surface area (Å²) >= 11 is 0. The Hall–Kier alpha value is -1.06. The highest BCUT2D eigenvalue weighted by molar-refractivity contribution is 4.66. The summed E-state index contributed by atoms with van der Waals surface area (Å²) in [6.07, 6.45) is 2.22. The zero-order chi connectivity index (χ0) is 6.69. The van der Waals surface area contributed by atoms with Gasteiger partial charge in [-0.05, 0) is 6.42 Å². The molecule has 1 rings (SSSR count). The van der Waals surface area contributed by atoms with E-state index in [1.165, 1.54) is 10.9 Å². The zero-order valence-electron chi connectivity index (χ0n) is 5.29. The average Bonchev–Trinajstić information content (AvgIpc) is 2.18. The maximum Gasteiger partial charge on any atom is 0.286 e. The molecule has 0 atom stereocenters. The van der Waals surface area contributed by atoms with E-state index in [9.17, 15) is 4.79 Å². The first-order valence-electron chi connectivity index (χ1n) is 2.95. The Morgan fingerprint density at radius 1 is 1.89 bits per heavy atom. The number of hydrogen-bond acceptors (Lipinski definition) is 2. The molecule has 0 unspecified atom stereocenters. The van der Waals surface area contributed by atoms with Crippen molar-refractivity contribution in [1.29, 1.82) is 0 Å². The normalized spacial score (nSPS) is 9.89. The summed E-state index contributed by atoms with van der Waals surface area (Å²) in [5.41, 5.74) is -0.0585. The maximum absolute atomic E-state index is 10.7. The number of rotatable bonds is 2. The van der Waals surface area contributed by atoms with Gasteiger partial charge in [0.2, 0.25) is 0 Å². The van der Waals surface area contributed by atoms with E-state index in [1.54, 1.807) is 0 Å². The van der Waals surface area contributed by atoms with E-state index < -0.39 is 0 Å². The van der Waals surface area contributed by atoms with E-state index in [0.717, 1.165) is 13.0 Å². The molecule has 0 spiro atoms. The zero-order valence-corrected chi connectivity index (χ0v) is 5.29. The average molecular weight is 127 g/mol. The lowest BCUT2D eigenvalue weighted by Crippen LogP contribution is -2.15. The summed E-state index contributed by atoms with van der Waals surface area (Å²) in [5.74, 6) is 0. The fourth-order valence-electron chi connectivity index (χ4n) is 0.657. The second-order valence-corrected chi connectivity index (χ2v) is 1.85. The molecule has 0 radical (unpaired) electrons. The molecule has 0 amide bonds. The van der Waals surface area contributed by atoms with E-state index in [1.807, 2.05) is 6.92 Å². The Kier molecular flexibility index (Phi) is 1.67.